The number of carbonyl (C=O) groups excluding carboxylic acids is 2. The molecular weight excluding hydrogens is 478 g/mol. The van der Waals surface area contributed by atoms with Gasteiger partial charge in [-0.3, -0.25) is 9.59 Å². The largest absolute Gasteiger partial charge is 0.371 e. The van der Waals surface area contributed by atoms with E-state index < -0.39 is 0 Å². The molecule has 5 nitrogen and oxygen atoms in total. The molecule has 0 unspecified atom stereocenters. The van der Waals surface area contributed by atoms with Crippen molar-refractivity contribution in [2.24, 2.45) is 5.92 Å². The van der Waals surface area contributed by atoms with Gasteiger partial charge in [0.1, 0.15) is 0 Å². The van der Waals surface area contributed by atoms with E-state index in [2.05, 4.69) is 38.4 Å². The summed E-state index contributed by atoms with van der Waals surface area (Å²) in [5, 5.41) is 5.97. The second kappa shape index (κ2) is 10.7. The van der Waals surface area contributed by atoms with E-state index >= 15 is 0 Å². The Kier molecular flexibility index (Phi) is 7.45. The zero-order valence-electron chi connectivity index (χ0n) is 18.7. The molecule has 3 aromatic carbocycles. The Morgan fingerprint density at radius 1 is 0.939 bits per heavy atom. The van der Waals surface area contributed by atoms with Crippen molar-refractivity contribution in [2.75, 3.05) is 23.3 Å². The molecule has 1 heterocycles. The van der Waals surface area contributed by atoms with Crippen molar-refractivity contribution in [3.05, 3.63) is 94.0 Å². The van der Waals surface area contributed by atoms with Gasteiger partial charge in [0.2, 0.25) is 0 Å². The second-order valence-electron chi connectivity index (χ2n) is 8.53. The van der Waals surface area contributed by atoms with Gasteiger partial charge in [0.25, 0.3) is 11.8 Å². The minimum atomic E-state index is -0.210. The number of halogens is 1. The van der Waals surface area contributed by atoms with E-state index in [9.17, 15) is 9.59 Å². The fourth-order valence-corrected chi connectivity index (χ4v) is 4.26. The summed E-state index contributed by atoms with van der Waals surface area (Å²) in [4.78, 5) is 28.2. The lowest BCUT2D eigenvalue weighted by atomic mass is 9.97. The number of piperidine rings is 1. The van der Waals surface area contributed by atoms with E-state index in [0.29, 0.717) is 29.3 Å². The summed E-state index contributed by atoms with van der Waals surface area (Å²) in [5.74, 6) is 0.339. The number of rotatable bonds is 6. The van der Waals surface area contributed by atoms with E-state index in [-0.39, 0.29) is 11.8 Å². The smallest absolute Gasteiger partial charge is 0.255 e. The maximum atomic E-state index is 13.2. The summed E-state index contributed by atoms with van der Waals surface area (Å²) in [7, 11) is 0. The Hall–Kier alpha value is -3.12. The van der Waals surface area contributed by atoms with Crippen LogP contribution in [0.5, 0.6) is 0 Å². The van der Waals surface area contributed by atoms with Gasteiger partial charge in [0.05, 0.1) is 5.56 Å². The van der Waals surface area contributed by atoms with Crippen molar-refractivity contribution in [1.82, 2.24) is 5.32 Å². The molecule has 0 aromatic heterocycles. The first-order chi connectivity index (χ1) is 16.0. The van der Waals surface area contributed by atoms with Crippen LogP contribution in [0.2, 0.25) is 0 Å². The van der Waals surface area contributed by atoms with Crippen LogP contribution >= 0.6 is 15.9 Å². The zero-order valence-corrected chi connectivity index (χ0v) is 20.3. The van der Waals surface area contributed by atoms with Gasteiger partial charge in [-0.25, -0.2) is 0 Å². The van der Waals surface area contributed by atoms with Crippen LogP contribution < -0.4 is 15.5 Å². The zero-order chi connectivity index (χ0) is 23.2. The van der Waals surface area contributed by atoms with Gasteiger partial charge < -0.3 is 15.5 Å². The lowest BCUT2D eigenvalue weighted by molar-refractivity contribution is 0.0950. The number of carbonyl (C=O) groups is 2. The lowest BCUT2D eigenvalue weighted by Gasteiger charge is -2.33. The highest BCUT2D eigenvalue weighted by atomic mass is 79.9. The molecule has 0 bridgehead atoms. The number of amides is 2. The van der Waals surface area contributed by atoms with Gasteiger partial charge in [0, 0.05) is 41.0 Å². The maximum absolute atomic E-state index is 13.2. The summed E-state index contributed by atoms with van der Waals surface area (Å²) in [5.41, 5.74) is 3.69. The van der Waals surface area contributed by atoms with Crippen molar-refractivity contribution in [2.45, 2.75) is 26.3 Å². The van der Waals surface area contributed by atoms with E-state index in [1.807, 2.05) is 54.6 Å². The fraction of sp³-hybridized carbons (Fsp3) is 0.259. The third kappa shape index (κ3) is 6.02. The Morgan fingerprint density at radius 3 is 2.33 bits per heavy atom. The first-order valence-corrected chi connectivity index (χ1v) is 12.1. The van der Waals surface area contributed by atoms with Crippen LogP contribution in [-0.4, -0.2) is 24.9 Å². The maximum Gasteiger partial charge on any atom is 0.255 e. The van der Waals surface area contributed by atoms with Gasteiger partial charge in [-0.2, -0.15) is 0 Å². The molecular formula is C27H28BrN3O2. The summed E-state index contributed by atoms with van der Waals surface area (Å²) in [6.07, 6.45) is 2.21. The molecule has 2 amide bonds. The van der Waals surface area contributed by atoms with Crippen LogP contribution in [0.25, 0.3) is 0 Å². The molecule has 1 aliphatic rings. The second-order valence-corrected chi connectivity index (χ2v) is 9.45. The van der Waals surface area contributed by atoms with Crippen molar-refractivity contribution in [3.8, 4) is 0 Å². The summed E-state index contributed by atoms with van der Waals surface area (Å²) < 4.78 is 0.914. The Morgan fingerprint density at radius 2 is 1.64 bits per heavy atom. The summed E-state index contributed by atoms with van der Waals surface area (Å²) in [6.45, 7) is 4.56. The molecule has 3 aromatic rings. The van der Waals surface area contributed by atoms with Gasteiger partial charge in [-0.1, -0.05) is 53.2 Å². The van der Waals surface area contributed by atoms with Gasteiger partial charge in [0.15, 0.2) is 0 Å². The molecule has 0 spiro atoms. The number of hydrogen-bond acceptors (Lipinski definition) is 3. The highest BCUT2D eigenvalue weighted by molar-refractivity contribution is 9.10. The van der Waals surface area contributed by atoms with Crippen molar-refractivity contribution in [1.29, 1.82) is 0 Å². The minimum Gasteiger partial charge on any atom is -0.371 e. The van der Waals surface area contributed by atoms with Crippen LogP contribution in [0.3, 0.4) is 0 Å². The quantitative estimate of drug-likeness (QED) is 0.440. The molecule has 170 valence electrons. The molecule has 6 heteroatoms. The molecule has 2 N–H and O–H groups in total. The molecule has 1 aliphatic heterocycles. The molecule has 0 saturated carbocycles. The van der Waals surface area contributed by atoms with Crippen molar-refractivity contribution < 1.29 is 9.59 Å². The molecule has 33 heavy (non-hydrogen) atoms. The number of nitrogens with zero attached hydrogens (tertiary/aromatic N) is 1. The van der Waals surface area contributed by atoms with Gasteiger partial charge in [-0.15, -0.1) is 0 Å². The summed E-state index contributed by atoms with van der Waals surface area (Å²) >= 11 is 3.39. The van der Waals surface area contributed by atoms with Crippen molar-refractivity contribution >= 4 is 39.1 Å². The van der Waals surface area contributed by atoms with Crippen LogP contribution in [0.4, 0.5) is 11.4 Å². The number of benzene rings is 3. The SMILES string of the molecule is CC1CCN(c2ccc(NC(=O)c3ccc(Br)cc3)cc2C(=O)NCc2ccccc2)CC1. The van der Waals surface area contributed by atoms with E-state index in [1.54, 1.807) is 18.2 Å². The number of anilines is 2. The van der Waals surface area contributed by atoms with Crippen LogP contribution in [0.1, 0.15) is 46.0 Å². The Bertz CT molecular complexity index is 1110. The average Bonchev–Trinajstić information content (AvgIpc) is 2.84. The fourth-order valence-electron chi connectivity index (χ4n) is 4.00. The lowest BCUT2D eigenvalue weighted by Crippen LogP contribution is -2.35. The predicted octanol–water partition coefficient (Wildman–Crippen LogP) is 5.87. The van der Waals surface area contributed by atoms with Crippen LogP contribution in [-0.2, 0) is 6.54 Å². The molecule has 0 atom stereocenters. The Balaban J connectivity index is 1.56. The van der Waals surface area contributed by atoms with Crippen LogP contribution in [0.15, 0.2) is 77.3 Å². The summed E-state index contributed by atoms with van der Waals surface area (Å²) in [6, 6.07) is 22.6. The minimum absolute atomic E-state index is 0.146. The third-order valence-corrected chi connectivity index (χ3v) is 6.55. The van der Waals surface area contributed by atoms with Crippen LogP contribution in [0, 0.1) is 5.92 Å². The van der Waals surface area contributed by atoms with Gasteiger partial charge >= 0.3 is 0 Å². The third-order valence-electron chi connectivity index (χ3n) is 6.03. The number of hydrogen-bond donors (Lipinski definition) is 2. The van der Waals surface area contributed by atoms with E-state index in [0.717, 1.165) is 41.7 Å². The molecule has 0 radical (unpaired) electrons. The number of nitrogens with one attached hydrogen (secondary N) is 2. The molecule has 1 saturated heterocycles. The van der Waals surface area contributed by atoms with E-state index in [4.69, 9.17) is 0 Å². The van der Waals surface area contributed by atoms with Crippen molar-refractivity contribution in [3.63, 3.8) is 0 Å². The molecule has 0 aliphatic carbocycles. The van der Waals surface area contributed by atoms with E-state index in [1.165, 1.54) is 0 Å². The Labute approximate surface area is 203 Å². The highest BCUT2D eigenvalue weighted by Crippen LogP contribution is 2.29. The normalized spacial score (nSPS) is 14.1. The highest BCUT2D eigenvalue weighted by Gasteiger charge is 2.22. The topological polar surface area (TPSA) is 61.4 Å². The predicted molar refractivity (Wildman–Crippen MR) is 137 cm³/mol. The first kappa shape index (κ1) is 23.1. The first-order valence-electron chi connectivity index (χ1n) is 11.3. The monoisotopic (exact) mass is 505 g/mol. The molecule has 1 fully saturated rings. The average molecular weight is 506 g/mol. The molecule has 4 rings (SSSR count). The standard InChI is InChI=1S/C27H28BrN3O2/c1-19-13-15-31(16-14-19)25-12-11-23(30-26(32)21-7-9-22(28)10-8-21)17-24(25)27(33)29-18-20-5-3-2-4-6-20/h2-12,17,19H,13-16,18H2,1H3,(H,29,33)(H,30,32). The van der Waals surface area contributed by atoms with Gasteiger partial charge in [-0.05, 0) is 66.8 Å².